The van der Waals surface area contributed by atoms with Gasteiger partial charge in [0.25, 0.3) is 5.91 Å². The Morgan fingerprint density at radius 1 is 1.48 bits per heavy atom. The van der Waals surface area contributed by atoms with Gasteiger partial charge in [0.1, 0.15) is 10.7 Å². The van der Waals surface area contributed by atoms with Crippen LogP contribution in [0.25, 0.3) is 9.88 Å². The van der Waals surface area contributed by atoms with Crippen molar-refractivity contribution in [1.82, 2.24) is 20.3 Å². The first-order valence-corrected chi connectivity index (χ1v) is 7.89. The van der Waals surface area contributed by atoms with Gasteiger partial charge in [0.15, 0.2) is 0 Å². The molecule has 0 fully saturated rings. The second-order valence-corrected chi connectivity index (χ2v) is 6.38. The number of hydrogen-bond acceptors (Lipinski definition) is 5. The normalized spacial score (nSPS) is 10.7. The molecule has 0 unspecified atom stereocenters. The van der Waals surface area contributed by atoms with E-state index in [1.165, 1.54) is 6.20 Å². The van der Waals surface area contributed by atoms with Crippen LogP contribution in [0.4, 0.5) is 0 Å². The Morgan fingerprint density at radius 3 is 3.00 bits per heavy atom. The van der Waals surface area contributed by atoms with Crippen LogP contribution >= 0.6 is 22.7 Å². The van der Waals surface area contributed by atoms with E-state index in [-0.39, 0.29) is 11.6 Å². The summed E-state index contributed by atoms with van der Waals surface area (Å²) in [5.74, 6) is -0.321. The summed E-state index contributed by atoms with van der Waals surface area (Å²) < 4.78 is 0. The number of aryl methyl sites for hydroxylation is 1. The minimum Gasteiger partial charge on any atom is -0.346 e. The Kier molecular flexibility index (Phi) is 3.72. The number of carbonyl (C=O) groups is 1. The number of amides is 1. The number of nitrogens with one attached hydrogen (secondary N) is 3. The van der Waals surface area contributed by atoms with Gasteiger partial charge in [-0.1, -0.05) is 6.07 Å². The number of aromatic amines is 2. The van der Waals surface area contributed by atoms with Gasteiger partial charge in [-0.2, -0.15) is 0 Å². The zero-order valence-corrected chi connectivity index (χ0v) is 12.7. The number of thiophene rings is 1. The van der Waals surface area contributed by atoms with E-state index in [0.29, 0.717) is 6.54 Å². The molecule has 0 aliphatic carbocycles. The van der Waals surface area contributed by atoms with Crippen LogP contribution in [0.3, 0.4) is 0 Å². The van der Waals surface area contributed by atoms with Crippen molar-refractivity contribution < 1.29 is 4.79 Å². The monoisotopic (exact) mass is 320 g/mol. The summed E-state index contributed by atoms with van der Waals surface area (Å²) in [5, 5.41) is 5.74. The van der Waals surface area contributed by atoms with Crippen molar-refractivity contribution in [2.45, 2.75) is 13.5 Å². The van der Waals surface area contributed by atoms with Crippen LogP contribution in [0.15, 0.2) is 28.5 Å². The van der Waals surface area contributed by atoms with Crippen molar-refractivity contribution in [3.8, 4) is 9.88 Å². The molecule has 3 aromatic rings. The van der Waals surface area contributed by atoms with Gasteiger partial charge in [0, 0.05) is 11.1 Å². The molecule has 0 spiro atoms. The largest absolute Gasteiger partial charge is 0.346 e. The molecule has 3 N–H and O–H groups in total. The lowest BCUT2D eigenvalue weighted by molar-refractivity contribution is 0.0946. The highest BCUT2D eigenvalue weighted by atomic mass is 32.1. The lowest BCUT2D eigenvalue weighted by Crippen LogP contribution is -2.23. The second kappa shape index (κ2) is 5.66. The number of carbonyl (C=O) groups excluding carboxylic acids is 1. The van der Waals surface area contributed by atoms with E-state index in [0.717, 1.165) is 20.5 Å². The van der Waals surface area contributed by atoms with Crippen molar-refractivity contribution in [2.24, 2.45) is 0 Å². The second-order valence-electron chi connectivity index (χ2n) is 4.34. The maximum Gasteiger partial charge on any atom is 0.323 e. The average molecular weight is 320 g/mol. The minimum atomic E-state index is -0.394. The van der Waals surface area contributed by atoms with Crippen LogP contribution in [0.1, 0.15) is 21.1 Å². The van der Waals surface area contributed by atoms with E-state index >= 15 is 0 Å². The number of imidazole rings is 1. The van der Waals surface area contributed by atoms with Crippen LogP contribution < -0.4 is 11.0 Å². The van der Waals surface area contributed by atoms with Crippen LogP contribution in [0.5, 0.6) is 0 Å². The van der Waals surface area contributed by atoms with E-state index in [2.05, 4.69) is 20.3 Å². The van der Waals surface area contributed by atoms with Gasteiger partial charge in [-0.05, 0) is 18.4 Å². The lowest BCUT2D eigenvalue weighted by atomic mass is 10.3. The zero-order valence-electron chi connectivity index (χ0n) is 11.1. The third-order valence-corrected chi connectivity index (χ3v) is 5.07. The quantitative estimate of drug-likeness (QED) is 0.688. The Labute approximate surface area is 127 Å². The van der Waals surface area contributed by atoms with Crippen molar-refractivity contribution in [3.05, 3.63) is 50.5 Å². The summed E-state index contributed by atoms with van der Waals surface area (Å²) in [7, 11) is 0. The third kappa shape index (κ3) is 2.96. The number of thiazole rings is 1. The van der Waals surface area contributed by atoms with Crippen molar-refractivity contribution in [2.75, 3.05) is 0 Å². The smallest absolute Gasteiger partial charge is 0.323 e. The predicted octanol–water partition coefficient (Wildman–Crippen LogP) is 2.13. The van der Waals surface area contributed by atoms with Gasteiger partial charge >= 0.3 is 5.69 Å². The fourth-order valence-electron chi connectivity index (χ4n) is 1.81. The molecule has 1 amide bonds. The molecule has 0 aromatic carbocycles. The molecule has 0 bridgehead atoms. The molecule has 108 valence electrons. The van der Waals surface area contributed by atoms with Crippen LogP contribution in [0.2, 0.25) is 0 Å². The maximum atomic E-state index is 11.9. The summed E-state index contributed by atoms with van der Waals surface area (Å²) in [5.41, 5.74) is 0.737. The van der Waals surface area contributed by atoms with Gasteiger partial charge in [-0.3, -0.25) is 4.79 Å². The summed E-state index contributed by atoms with van der Waals surface area (Å²) in [6.45, 7) is 2.31. The molecular formula is C13H12N4O2S2. The highest BCUT2D eigenvalue weighted by molar-refractivity contribution is 7.21. The third-order valence-electron chi connectivity index (χ3n) is 2.87. The molecule has 0 atom stereocenters. The first kappa shape index (κ1) is 13.8. The first-order chi connectivity index (χ1) is 10.1. The fraction of sp³-hybridized carbons (Fsp3) is 0.154. The fourth-order valence-corrected chi connectivity index (χ4v) is 3.61. The van der Waals surface area contributed by atoms with Crippen molar-refractivity contribution in [1.29, 1.82) is 0 Å². The standard InChI is InChI=1S/C13H12N4O2S2/c1-7-10(21-12(16-7)9-3-2-4-20-9)6-14-11(18)8-5-15-13(19)17-8/h2-5H,6H2,1H3,(H,14,18)(H2,15,17,19). The van der Waals surface area contributed by atoms with E-state index in [4.69, 9.17) is 0 Å². The van der Waals surface area contributed by atoms with E-state index in [9.17, 15) is 9.59 Å². The molecule has 8 heteroatoms. The predicted molar refractivity (Wildman–Crippen MR) is 82.7 cm³/mol. The number of aromatic nitrogens is 3. The molecule has 6 nitrogen and oxygen atoms in total. The topological polar surface area (TPSA) is 90.6 Å². The van der Waals surface area contributed by atoms with Gasteiger partial charge in [0.05, 0.1) is 17.1 Å². The molecule has 3 aromatic heterocycles. The number of nitrogens with zero attached hydrogens (tertiary/aromatic N) is 1. The van der Waals surface area contributed by atoms with Crippen LogP contribution in [0, 0.1) is 6.92 Å². The number of hydrogen-bond donors (Lipinski definition) is 3. The molecule has 0 saturated carbocycles. The van der Waals surface area contributed by atoms with Crippen molar-refractivity contribution >= 4 is 28.6 Å². The van der Waals surface area contributed by atoms with Crippen LogP contribution in [-0.4, -0.2) is 20.9 Å². The maximum absolute atomic E-state index is 11.9. The molecule has 0 aliphatic heterocycles. The number of H-pyrrole nitrogens is 2. The Balaban J connectivity index is 1.71. The average Bonchev–Trinajstić information content (AvgIpc) is 3.16. The molecule has 0 aliphatic rings. The summed E-state index contributed by atoms with van der Waals surface area (Å²) >= 11 is 3.20. The number of rotatable bonds is 4. The SMILES string of the molecule is Cc1nc(-c2cccs2)sc1CNC(=O)c1c[nH]c(=O)[nH]1. The Morgan fingerprint density at radius 2 is 2.33 bits per heavy atom. The van der Waals surface area contributed by atoms with Crippen LogP contribution in [-0.2, 0) is 6.54 Å². The van der Waals surface area contributed by atoms with E-state index < -0.39 is 5.69 Å². The van der Waals surface area contributed by atoms with E-state index in [1.807, 2.05) is 24.4 Å². The Hall–Kier alpha value is -2.19. The summed E-state index contributed by atoms with van der Waals surface area (Å²) in [6, 6.07) is 4.01. The molecule has 21 heavy (non-hydrogen) atoms. The minimum absolute atomic E-state index is 0.223. The van der Waals surface area contributed by atoms with Gasteiger partial charge in [-0.15, -0.1) is 22.7 Å². The van der Waals surface area contributed by atoms with Gasteiger partial charge in [-0.25, -0.2) is 9.78 Å². The summed E-state index contributed by atoms with van der Waals surface area (Å²) in [6.07, 6.45) is 1.36. The van der Waals surface area contributed by atoms with Crippen molar-refractivity contribution in [3.63, 3.8) is 0 Å². The van der Waals surface area contributed by atoms with E-state index in [1.54, 1.807) is 22.7 Å². The molecular weight excluding hydrogens is 308 g/mol. The molecule has 0 saturated heterocycles. The van der Waals surface area contributed by atoms with Gasteiger partial charge < -0.3 is 15.3 Å². The lowest BCUT2D eigenvalue weighted by Gasteiger charge is -2.01. The zero-order chi connectivity index (χ0) is 14.8. The summed E-state index contributed by atoms with van der Waals surface area (Å²) in [4.78, 5) is 34.3. The van der Waals surface area contributed by atoms with Gasteiger partial charge in [0.2, 0.25) is 0 Å². The highest BCUT2D eigenvalue weighted by Crippen LogP contribution is 2.30. The Bertz CT molecular complexity index is 813. The molecule has 3 heterocycles. The molecule has 3 rings (SSSR count). The first-order valence-electron chi connectivity index (χ1n) is 6.19. The highest BCUT2D eigenvalue weighted by Gasteiger charge is 2.12. The molecule has 0 radical (unpaired) electrons.